The number of piperazine rings is 1. The normalized spacial score (nSPS) is 14.4. The third kappa shape index (κ3) is 5.40. The van der Waals surface area contributed by atoms with Crippen molar-refractivity contribution in [2.75, 3.05) is 42.9 Å². The van der Waals surface area contributed by atoms with Crippen molar-refractivity contribution in [2.45, 2.75) is 25.0 Å². The summed E-state index contributed by atoms with van der Waals surface area (Å²) in [6.45, 7) is 5.46. The van der Waals surface area contributed by atoms with Gasteiger partial charge in [-0.15, -0.1) is 11.3 Å². The number of carbonyl (C=O) groups excluding carboxylic acids is 1. The molecule has 1 aliphatic heterocycles. The number of anilines is 2. The van der Waals surface area contributed by atoms with E-state index in [-0.39, 0.29) is 34.2 Å². The Labute approximate surface area is 189 Å². The number of aromatic carboxylic acids is 1. The first kappa shape index (κ1) is 23.6. The predicted molar refractivity (Wildman–Crippen MR) is 118 cm³/mol. The molecule has 13 heteroatoms. The van der Waals surface area contributed by atoms with E-state index in [1.54, 1.807) is 18.7 Å². The van der Waals surface area contributed by atoms with Crippen molar-refractivity contribution < 1.29 is 32.6 Å². The molecule has 0 atom stereocenters. The molecule has 32 heavy (non-hydrogen) atoms. The van der Waals surface area contributed by atoms with Gasteiger partial charge in [0, 0.05) is 31.6 Å². The number of nitrogens with zero attached hydrogens (tertiary/aromatic N) is 3. The zero-order valence-electron chi connectivity index (χ0n) is 17.8. The van der Waals surface area contributed by atoms with Crippen molar-refractivity contribution in [1.82, 2.24) is 9.88 Å². The van der Waals surface area contributed by atoms with Gasteiger partial charge in [0.15, 0.2) is 10.2 Å². The van der Waals surface area contributed by atoms with Crippen LogP contribution in [-0.4, -0.2) is 74.9 Å². The standard InChI is InChI=1S/C19H24N4O7S2/c1-12(2)30-19(26)23-8-6-22(7-9-23)18-20-16(11-31-18)32(27,28)21-14-5-4-13(17(24)25)10-15(14)29-3/h4-5,10-12,21H,6-9H2,1-3H3,(H,24,25). The maximum absolute atomic E-state index is 12.8. The number of aromatic nitrogens is 1. The van der Waals surface area contributed by atoms with Gasteiger partial charge in [0.05, 0.1) is 24.5 Å². The molecule has 0 spiro atoms. The molecule has 174 valence electrons. The lowest BCUT2D eigenvalue weighted by molar-refractivity contribution is 0.0695. The molecule has 1 aliphatic rings. The average molecular weight is 485 g/mol. The molecule has 1 amide bonds. The summed E-state index contributed by atoms with van der Waals surface area (Å²) in [6, 6.07) is 3.83. The number of rotatable bonds is 7. The fourth-order valence-corrected chi connectivity index (χ4v) is 5.20. The van der Waals surface area contributed by atoms with Crippen molar-refractivity contribution in [3.63, 3.8) is 0 Å². The third-order valence-electron chi connectivity index (χ3n) is 4.58. The molecule has 2 N–H and O–H groups in total. The van der Waals surface area contributed by atoms with E-state index in [1.165, 1.54) is 42.0 Å². The Morgan fingerprint density at radius 3 is 2.50 bits per heavy atom. The van der Waals surface area contributed by atoms with Crippen molar-refractivity contribution in [3.05, 3.63) is 29.1 Å². The molecule has 0 saturated carbocycles. The van der Waals surface area contributed by atoms with Crippen LogP contribution in [0.15, 0.2) is 28.6 Å². The highest BCUT2D eigenvalue weighted by atomic mass is 32.2. The number of methoxy groups -OCH3 is 1. The van der Waals surface area contributed by atoms with Crippen LogP contribution in [0.25, 0.3) is 0 Å². The second-order valence-corrected chi connectivity index (χ2v) is 9.67. The largest absolute Gasteiger partial charge is 0.495 e. The van der Waals surface area contributed by atoms with Crippen LogP contribution in [0.2, 0.25) is 0 Å². The highest BCUT2D eigenvalue weighted by Crippen LogP contribution is 2.30. The van der Waals surface area contributed by atoms with Crippen LogP contribution in [-0.2, 0) is 14.8 Å². The second-order valence-electron chi connectivity index (χ2n) is 7.20. The van der Waals surface area contributed by atoms with Crippen LogP contribution in [0.3, 0.4) is 0 Å². The maximum atomic E-state index is 12.8. The molecule has 1 aromatic carbocycles. The number of sulfonamides is 1. The van der Waals surface area contributed by atoms with Crippen LogP contribution in [0.4, 0.5) is 15.6 Å². The molecule has 3 rings (SSSR count). The van der Waals surface area contributed by atoms with Crippen LogP contribution >= 0.6 is 11.3 Å². The van der Waals surface area contributed by atoms with Gasteiger partial charge in [0.25, 0.3) is 10.0 Å². The van der Waals surface area contributed by atoms with E-state index in [0.717, 1.165) is 0 Å². The van der Waals surface area contributed by atoms with Crippen molar-refractivity contribution in [3.8, 4) is 5.75 Å². The minimum atomic E-state index is -4.02. The van der Waals surface area contributed by atoms with Crippen LogP contribution < -0.4 is 14.4 Å². The zero-order chi connectivity index (χ0) is 23.5. The van der Waals surface area contributed by atoms with Crippen molar-refractivity contribution in [1.29, 1.82) is 0 Å². The molecule has 2 heterocycles. The maximum Gasteiger partial charge on any atom is 0.410 e. The highest BCUT2D eigenvalue weighted by Gasteiger charge is 2.26. The van der Waals surface area contributed by atoms with Gasteiger partial charge in [0.2, 0.25) is 0 Å². The molecule has 2 aromatic rings. The molecule has 1 fully saturated rings. The molecule has 0 unspecified atom stereocenters. The topological polar surface area (TPSA) is 138 Å². The summed E-state index contributed by atoms with van der Waals surface area (Å²) in [5.74, 6) is -1.08. The number of thiazole rings is 1. The number of nitrogens with one attached hydrogen (secondary N) is 1. The van der Waals surface area contributed by atoms with E-state index >= 15 is 0 Å². The fraction of sp³-hybridized carbons (Fsp3) is 0.421. The minimum Gasteiger partial charge on any atom is -0.495 e. The highest BCUT2D eigenvalue weighted by molar-refractivity contribution is 7.92. The minimum absolute atomic E-state index is 0.0304. The van der Waals surface area contributed by atoms with E-state index in [9.17, 15) is 18.0 Å². The third-order valence-corrected chi connectivity index (χ3v) is 6.88. The van der Waals surface area contributed by atoms with Crippen LogP contribution in [0, 0.1) is 0 Å². The second kappa shape index (κ2) is 9.61. The quantitative estimate of drug-likeness (QED) is 0.606. The molecular formula is C19H24N4O7S2. The lowest BCUT2D eigenvalue weighted by atomic mass is 10.2. The number of benzene rings is 1. The Hall–Kier alpha value is -3.06. The zero-order valence-corrected chi connectivity index (χ0v) is 19.4. The number of hydrogen-bond donors (Lipinski definition) is 2. The molecule has 0 radical (unpaired) electrons. The lowest BCUT2D eigenvalue weighted by Gasteiger charge is -2.34. The summed E-state index contributed by atoms with van der Waals surface area (Å²) in [4.78, 5) is 30.9. The number of hydrogen-bond acceptors (Lipinski definition) is 9. The Morgan fingerprint density at radius 2 is 1.91 bits per heavy atom. The SMILES string of the molecule is COc1cc(C(=O)O)ccc1NS(=O)(=O)c1csc(N2CCN(C(=O)OC(C)C)CC2)n1. The molecule has 0 bridgehead atoms. The van der Waals surface area contributed by atoms with Gasteiger partial charge in [-0.05, 0) is 32.0 Å². The summed E-state index contributed by atoms with van der Waals surface area (Å²) < 4.78 is 38.3. The summed E-state index contributed by atoms with van der Waals surface area (Å²) in [5, 5.41) is 10.9. The van der Waals surface area contributed by atoms with E-state index in [0.29, 0.717) is 31.3 Å². The number of ether oxygens (including phenoxy) is 2. The number of carboxylic acids is 1. The van der Waals surface area contributed by atoms with Crippen molar-refractivity contribution in [2.24, 2.45) is 0 Å². The molecule has 11 nitrogen and oxygen atoms in total. The predicted octanol–water partition coefficient (Wildman–Crippen LogP) is 2.32. The fourth-order valence-electron chi connectivity index (χ4n) is 2.98. The summed E-state index contributed by atoms with van der Waals surface area (Å²) in [6.07, 6.45) is -0.562. The van der Waals surface area contributed by atoms with Crippen LogP contribution in [0.5, 0.6) is 5.75 Å². The Kier molecular flexibility index (Phi) is 7.09. The van der Waals surface area contributed by atoms with Gasteiger partial charge in [0.1, 0.15) is 5.75 Å². The van der Waals surface area contributed by atoms with Gasteiger partial charge in [-0.25, -0.2) is 14.6 Å². The Morgan fingerprint density at radius 1 is 1.22 bits per heavy atom. The van der Waals surface area contributed by atoms with E-state index < -0.39 is 16.0 Å². The molecular weight excluding hydrogens is 460 g/mol. The van der Waals surface area contributed by atoms with E-state index in [1.807, 2.05) is 4.90 Å². The summed E-state index contributed by atoms with van der Waals surface area (Å²) in [7, 11) is -2.71. The van der Waals surface area contributed by atoms with Crippen LogP contribution in [0.1, 0.15) is 24.2 Å². The first-order chi connectivity index (χ1) is 15.1. The number of amides is 1. The lowest BCUT2D eigenvalue weighted by Crippen LogP contribution is -2.49. The van der Waals surface area contributed by atoms with Gasteiger partial charge in [-0.3, -0.25) is 4.72 Å². The molecule has 1 saturated heterocycles. The first-order valence-electron chi connectivity index (χ1n) is 9.71. The van der Waals surface area contributed by atoms with Gasteiger partial charge in [-0.1, -0.05) is 0 Å². The smallest absolute Gasteiger partial charge is 0.410 e. The number of carbonyl (C=O) groups is 2. The Balaban J connectivity index is 1.69. The van der Waals surface area contributed by atoms with Gasteiger partial charge >= 0.3 is 12.1 Å². The van der Waals surface area contributed by atoms with Crippen molar-refractivity contribution >= 4 is 44.2 Å². The monoisotopic (exact) mass is 484 g/mol. The average Bonchev–Trinajstić information content (AvgIpc) is 3.24. The van der Waals surface area contributed by atoms with Gasteiger partial charge in [-0.2, -0.15) is 8.42 Å². The van der Waals surface area contributed by atoms with E-state index in [2.05, 4.69) is 9.71 Å². The Bertz CT molecular complexity index is 1090. The first-order valence-corrected chi connectivity index (χ1v) is 12.1. The van der Waals surface area contributed by atoms with Gasteiger partial charge < -0.3 is 24.4 Å². The summed E-state index contributed by atoms with van der Waals surface area (Å²) in [5.41, 5.74) is 0.0708. The summed E-state index contributed by atoms with van der Waals surface area (Å²) >= 11 is 1.18. The molecule has 1 aromatic heterocycles. The van der Waals surface area contributed by atoms with E-state index in [4.69, 9.17) is 14.6 Å². The molecule has 0 aliphatic carbocycles. The number of carboxylic acid groups (broad SMARTS) is 1.